The molecule has 2 rings (SSSR count). The normalized spacial score (nSPS) is 10.2. The Morgan fingerprint density at radius 3 is 2.24 bits per heavy atom. The molecule has 0 saturated carbocycles. The highest BCUT2D eigenvalue weighted by atomic mass is 35.5. The molecule has 2 aromatic carbocycles. The van der Waals surface area contributed by atoms with Crippen molar-refractivity contribution in [1.82, 2.24) is 4.90 Å². The molecule has 6 heteroatoms. The van der Waals surface area contributed by atoms with Gasteiger partial charge in [0.05, 0.1) is 17.3 Å². The number of halogens is 1. The molecule has 2 N–H and O–H groups in total. The Balaban J connectivity index is 1.91. The van der Waals surface area contributed by atoms with Crippen molar-refractivity contribution in [3.8, 4) is 0 Å². The quantitative estimate of drug-likeness (QED) is 0.788. The zero-order valence-electron chi connectivity index (χ0n) is 14.4. The van der Waals surface area contributed by atoms with Gasteiger partial charge < -0.3 is 15.5 Å². The summed E-state index contributed by atoms with van der Waals surface area (Å²) in [6.07, 6.45) is 0. The summed E-state index contributed by atoms with van der Waals surface area (Å²) in [7, 11) is 0. The largest absolute Gasteiger partial charge is 0.375 e. The van der Waals surface area contributed by atoms with E-state index in [1.165, 1.54) is 0 Å². The summed E-state index contributed by atoms with van der Waals surface area (Å²) in [5, 5.41) is 6.34. The SMILES string of the molecule is CCN(CC)C(=O)c1ccc(NC(=O)CNc2ccccc2Cl)cc1. The van der Waals surface area contributed by atoms with Crippen molar-refractivity contribution in [1.29, 1.82) is 0 Å². The predicted molar refractivity (Wildman–Crippen MR) is 102 cm³/mol. The lowest BCUT2D eigenvalue weighted by Crippen LogP contribution is -2.30. The molecule has 0 aliphatic carbocycles. The second-order valence-corrected chi connectivity index (χ2v) is 5.84. The lowest BCUT2D eigenvalue weighted by Gasteiger charge is -2.18. The maximum atomic E-state index is 12.2. The van der Waals surface area contributed by atoms with Crippen LogP contribution in [0.2, 0.25) is 5.02 Å². The standard InChI is InChI=1S/C19H22ClN3O2/c1-3-23(4-2)19(25)14-9-11-15(12-10-14)22-18(24)13-21-17-8-6-5-7-16(17)20/h5-12,21H,3-4,13H2,1-2H3,(H,22,24). The molecule has 0 heterocycles. The predicted octanol–water partition coefficient (Wildman–Crippen LogP) is 3.87. The van der Waals surface area contributed by atoms with Gasteiger partial charge in [-0.05, 0) is 50.2 Å². The lowest BCUT2D eigenvalue weighted by molar-refractivity contribution is -0.114. The molecule has 0 radical (unpaired) electrons. The highest BCUT2D eigenvalue weighted by Crippen LogP contribution is 2.20. The lowest BCUT2D eigenvalue weighted by atomic mass is 10.1. The molecule has 0 atom stereocenters. The summed E-state index contributed by atoms with van der Waals surface area (Å²) in [4.78, 5) is 26.0. The first-order chi connectivity index (χ1) is 12.0. The Labute approximate surface area is 153 Å². The van der Waals surface area contributed by atoms with Crippen molar-refractivity contribution in [3.63, 3.8) is 0 Å². The Hall–Kier alpha value is -2.53. The molecule has 0 spiro atoms. The van der Waals surface area contributed by atoms with E-state index in [9.17, 15) is 9.59 Å². The van der Waals surface area contributed by atoms with Gasteiger partial charge in [-0.15, -0.1) is 0 Å². The van der Waals surface area contributed by atoms with Crippen LogP contribution in [-0.4, -0.2) is 36.3 Å². The third-order valence-electron chi connectivity index (χ3n) is 3.78. The van der Waals surface area contributed by atoms with E-state index in [1.54, 1.807) is 35.2 Å². The van der Waals surface area contributed by atoms with Crippen LogP contribution in [0.5, 0.6) is 0 Å². The van der Waals surface area contributed by atoms with Crippen molar-refractivity contribution in [2.45, 2.75) is 13.8 Å². The fourth-order valence-electron chi connectivity index (χ4n) is 2.37. The van der Waals surface area contributed by atoms with E-state index in [0.717, 1.165) is 0 Å². The van der Waals surface area contributed by atoms with Crippen LogP contribution in [-0.2, 0) is 4.79 Å². The van der Waals surface area contributed by atoms with Gasteiger partial charge in [-0.3, -0.25) is 9.59 Å². The zero-order chi connectivity index (χ0) is 18.2. The summed E-state index contributed by atoms with van der Waals surface area (Å²) in [6.45, 7) is 5.33. The molecule has 0 aliphatic rings. The van der Waals surface area contributed by atoms with Gasteiger partial charge in [-0.2, -0.15) is 0 Å². The molecule has 25 heavy (non-hydrogen) atoms. The van der Waals surface area contributed by atoms with Crippen LogP contribution in [0.25, 0.3) is 0 Å². The fraction of sp³-hybridized carbons (Fsp3) is 0.263. The summed E-state index contributed by atoms with van der Waals surface area (Å²) in [6, 6.07) is 14.1. The van der Waals surface area contributed by atoms with Gasteiger partial charge in [0.1, 0.15) is 0 Å². The first-order valence-electron chi connectivity index (χ1n) is 8.22. The van der Waals surface area contributed by atoms with Crippen molar-refractivity contribution >= 4 is 34.8 Å². The minimum Gasteiger partial charge on any atom is -0.375 e. The minimum atomic E-state index is -0.192. The molecule has 0 bridgehead atoms. The fourth-order valence-corrected chi connectivity index (χ4v) is 2.58. The molecule has 132 valence electrons. The molecule has 2 amide bonds. The van der Waals surface area contributed by atoms with Gasteiger partial charge in [0.2, 0.25) is 5.91 Å². The maximum absolute atomic E-state index is 12.2. The van der Waals surface area contributed by atoms with E-state index >= 15 is 0 Å². The number of carbonyl (C=O) groups is 2. The highest BCUT2D eigenvalue weighted by molar-refractivity contribution is 6.33. The second-order valence-electron chi connectivity index (χ2n) is 5.44. The molecule has 2 aromatic rings. The number of nitrogens with zero attached hydrogens (tertiary/aromatic N) is 1. The monoisotopic (exact) mass is 359 g/mol. The molecular formula is C19H22ClN3O2. The minimum absolute atomic E-state index is 0.0109. The number of carbonyl (C=O) groups excluding carboxylic acids is 2. The van der Waals surface area contributed by atoms with Crippen molar-refractivity contribution in [2.24, 2.45) is 0 Å². The molecule has 0 aromatic heterocycles. The van der Waals surface area contributed by atoms with E-state index in [4.69, 9.17) is 11.6 Å². The van der Waals surface area contributed by atoms with Crippen LogP contribution in [0.1, 0.15) is 24.2 Å². The van der Waals surface area contributed by atoms with Crippen LogP contribution in [0.15, 0.2) is 48.5 Å². The molecule has 5 nitrogen and oxygen atoms in total. The van der Waals surface area contributed by atoms with Gasteiger partial charge in [0.25, 0.3) is 5.91 Å². The summed E-state index contributed by atoms with van der Waals surface area (Å²) in [5.74, 6) is -0.203. The number of hydrogen-bond donors (Lipinski definition) is 2. The van der Waals surface area contributed by atoms with Crippen LogP contribution in [0.3, 0.4) is 0 Å². The first kappa shape index (κ1) is 18.8. The van der Waals surface area contributed by atoms with Gasteiger partial charge in [0, 0.05) is 24.3 Å². The summed E-state index contributed by atoms with van der Waals surface area (Å²) in [5.41, 5.74) is 1.96. The van der Waals surface area contributed by atoms with E-state index in [-0.39, 0.29) is 18.4 Å². The highest BCUT2D eigenvalue weighted by Gasteiger charge is 2.12. The maximum Gasteiger partial charge on any atom is 0.253 e. The van der Waals surface area contributed by atoms with Gasteiger partial charge in [-0.25, -0.2) is 0 Å². The third kappa shape index (κ3) is 5.22. The first-order valence-corrected chi connectivity index (χ1v) is 8.60. The van der Waals surface area contributed by atoms with E-state index in [1.807, 2.05) is 32.0 Å². The summed E-state index contributed by atoms with van der Waals surface area (Å²) >= 11 is 6.03. The Bertz CT molecular complexity index is 728. The van der Waals surface area contributed by atoms with Crippen molar-refractivity contribution < 1.29 is 9.59 Å². The number of rotatable bonds is 7. The number of para-hydroxylation sites is 1. The molecule has 0 aliphatic heterocycles. The number of amides is 2. The molecular weight excluding hydrogens is 338 g/mol. The smallest absolute Gasteiger partial charge is 0.253 e. The number of benzene rings is 2. The average molecular weight is 360 g/mol. The van der Waals surface area contributed by atoms with E-state index in [2.05, 4.69) is 10.6 Å². The number of nitrogens with one attached hydrogen (secondary N) is 2. The average Bonchev–Trinajstić information content (AvgIpc) is 2.62. The van der Waals surface area contributed by atoms with Crippen LogP contribution < -0.4 is 10.6 Å². The zero-order valence-corrected chi connectivity index (χ0v) is 15.1. The number of anilines is 2. The third-order valence-corrected chi connectivity index (χ3v) is 4.11. The van der Waals surface area contributed by atoms with Crippen molar-refractivity contribution in [3.05, 3.63) is 59.1 Å². The van der Waals surface area contributed by atoms with Crippen LogP contribution in [0, 0.1) is 0 Å². The van der Waals surface area contributed by atoms with Gasteiger partial charge >= 0.3 is 0 Å². The van der Waals surface area contributed by atoms with E-state index in [0.29, 0.717) is 35.1 Å². The Morgan fingerprint density at radius 1 is 1.00 bits per heavy atom. The van der Waals surface area contributed by atoms with Gasteiger partial charge in [-0.1, -0.05) is 23.7 Å². The Kier molecular flexibility index (Phi) is 6.83. The van der Waals surface area contributed by atoms with Crippen molar-refractivity contribution in [2.75, 3.05) is 30.3 Å². The molecule has 0 unspecified atom stereocenters. The summed E-state index contributed by atoms with van der Waals surface area (Å²) < 4.78 is 0. The number of hydrogen-bond acceptors (Lipinski definition) is 3. The van der Waals surface area contributed by atoms with E-state index < -0.39 is 0 Å². The van der Waals surface area contributed by atoms with Crippen LogP contribution in [0.4, 0.5) is 11.4 Å². The van der Waals surface area contributed by atoms with Crippen LogP contribution >= 0.6 is 11.6 Å². The topological polar surface area (TPSA) is 61.4 Å². The molecule has 0 fully saturated rings. The molecule has 0 saturated heterocycles. The van der Waals surface area contributed by atoms with Gasteiger partial charge in [0.15, 0.2) is 0 Å². The Morgan fingerprint density at radius 2 is 1.64 bits per heavy atom. The second kappa shape index (κ2) is 9.08.